The van der Waals surface area contributed by atoms with Crippen LogP contribution < -0.4 is 10.6 Å². The monoisotopic (exact) mass is 360 g/mol. The summed E-state index contributed by atoms with van der Waals surface area (Å²) in [5, 5.41) is 6.57. The predicted octanol–water partition coefficient (Wildman–Crippen LogP) is 3.00. The van der Waals surface area contributed by atoms with Gasteiger partial charge in [-0.3, -0.25) is 0 Å². The number of hydrogen-bond acceptors (Lipinski definition) is 6. The SMILES string of the molecule is CCc1cccc(C)c1Nc1nc(C)cc(NC2CCS(=O)(=O)C2)n1. The van der Waals surface area contributed by atoms with Crippen LogP contribution in [0.5, 0.6) is 0 Å². The highest BCUT2D eigenvalue weighted by Crippen LogP contribution is 2.25. The minimum absolute atomic E-state index is 0.0863. The van der Waals surface area contributed by atoms with E-state index < -0.39 is 9.84 Å². The van der Waals surface area contributed by atoms with Crippen molar-refractivity contribution in [3.63, 3.8) is 0 Å². The standard InChI is InChI=1S/C18H24N4O2S/c1-4-14-7-5-6-12(2)17(14)22-18-19-13(3)10-16(21-18)20-15-8-9-25(23,24)11-15/h5-7,10,15H,4,8-9,11H2,1-3H3,(H2,19,20,21,22). The molecular weight excluding hydrogens is 336 g/mol. The van der Waals surface area contributed by atoms with Crippen LogP contribution in [0, 0.1) is 13.8 Å². The van der Waals surface area contributed by atoms with Gasteiger partial charge in [0.05, 0.1) is 11.5 Å². The number of rotatable bonds is 5. The fourth-order valence-electron chi connectivity index (χ4n) is 3.13. The molecule has 1 aliphatic rings. The van der Waals surface area contributed by atoms with Crippen molar-refractivity contribution in [2.45, 2.75) is 39.7 Å². The number of sulfone groups is 1. The summed E-state index contributed by atoms with van der Waals surface area (Å²) in [4.78, 5) is 9.00. The Hall–Kier alpha value is -2.15. The number of nitrogens with one attached hydrogen (secondary N) is 2. The van der Waals surface area contributed by atoms with Crippen molar-refractivity contribution >= 4 is 27.3 Å². The van der Waals surface area contributed by atoms with Crippen LogP contribution >= 0.6 is 0 Å². The van der Waals surface area contributed by atoms with Crippen molar-refractivity contribution in [2.24, 2.45) is 0 Å². The lowest BCUT2D eigenvalue weighted by Gasteiger charge is -2.16. The van der Waals surface area contributed by atoms with Crippen LogP contribution in [0.3, 0.4) is 0 Å². The number of aromatic nitrogens is 2. The highest BCUT2D eigenvalue weighted by atomic mass is 32.2. The molecule has 2 heterocycles. The van der Waals surface area contributed by atoms with Gasteiger partial charge in [-0.25, -0.2) is 13.4 Å². The van der Waals surface area contributed by atoms with E-state index in [1.165, 1.54) is 5.56 Å². The highest BCUT2D eigenvalue weighted by molar-refractivity contribution is 7.91. The zero-order valence-electron chi connectivity index (χ0n) is 14.8. The van der Waals surface area contributed by atoms with Gasteiger partial charge in [0.1, 0.15) is 5.82 Å². The first kappa shape index (κ1) is 17.7. The van der Waals surface area contributed by atoms with Crippen LogP contribution in [0.25, 0.3) is 0 Å². The molecule has 1 atom stereocenters. The summed E-state index contributed by atoms with van der Waals surface area (Å²) in [6.07, 6.45) is 1.53. The molecule has 3 rings (SSSR count). The van der Waals surface area contributed by atoms with Crippen molar-refractivity contribution in [3.05, 3.63) is 41.1 Å². The number of para-hydroxylation sites is 1. The maximum Gasteiger partial charge on any atom is 0.229 e. The summed E-state index contributed by atoms with van der Waals surface area (Å²) in [7, 11) is -2.92. The zero-order chi connectivity index (χ0) is 18.0. The number of nitrogens with zero attached hydrogens (tertiary/aromatic N) is 2. The van der Waals surface area contributed by atoms with E-state index in [2.05, 4.69) is 46.6 Å². The van der Waals surface area contributed by atoms with Crippen LogP contribution in [-0.4, -0.2) is 35.9 Å². The molecule has 0 amide bonds. The summed E-state index contributed by atoms with van der Waals surface area (Å²) in [6.45, 7) is 6.08. The minimum Gasteiger partial charge on any atom is -0.366 e. The summed E-state index contributed by atoms with van der Waals surface area (Å²) in [6, 6.07) is 7.95. The molecule has 1 fully saturated rings. The first-order valence-electron chi connectivity index (χ1n) is 8.54. The van der Waals surface area contributed by atoms with E-state index in [0.29, 0.717) is 18.2 Å². The Morgan fingerprint density at radius 2 is 2.04 bits per heavy atom. The predicted molar refractivity (Wildman–Crippen MR) is 101 cm³/mol. The molecule has 1 aromatic heterocycles. The molecule has 1 aromatic carbocycles. The normalized spacial score (nSPS) is 18.9. The summed E-state index contributed by atoms with van der Waals surface area (Å²) in [5.41, 5.74) is 4.21. The Bertz CT molecular complexity index is 881. The fourth-order valence-corrected chi connectivity index (χ4v) is 4.80. The zero-order valence-corrected chi connectivity index (χ0v) is 15.7. The summed E-state index contributed by atoms with van der Waals surface area (Å²) in [5.74, 6) is 1.58. The second kappa shape index (κ2) is 7.00. The molecule has 134 valence electrons. The lowest BCUT2D eigenvalue weighted by molar-refractivity contribution is 0.602. The third-order valence-electron chi connectivity index (χ3n) is 4.42. The lowest BCUT2D eigenvalue weighted by Crippen LogP contribution is -2.21. The molecule has 25 heavy (non-hydrogen) atoms. The van der Waals surface area contributed by atoms with Crippen molar-refractivity contribution in [1.29, 1.82) is 0 Å². The quantitative estimate of drug-likeness (QED) is 0.853. The van der Waals surface area contributed by atoms with Gasteiger partial charge in [-0.15, -0.1) is 0 Å². The highest BCUT2D eigenvalue weighted by Gasteiger charge is 2.28. The smallest absolute Gasteiger partial charge is 0.229 e. The molecule has 0 aliphatic carbocycles. The average Bonchev–Trinajstić information content (AvgIpc) is 2.87. The van der Waals surface area contributed by atoms with Gasteiger partial charge in [-0.1, -0.05) is 25.1 Å². The number of anilines is 3. The van der Waals surface area contributed by atoms with Gasteiger partial charge in [-0.05, 0) is 37.8 Å². The molecule has 0 saturated carbocycles. The van der Waals surface area contributed by atoms with Gasteiger partial charge in [0.25, 0.3) is 0 Å². The molecule has 6 nitrogen and oxygen atoms in total. The van der Waals surface area contributed by atoms with Gasteiger partial charge < -0.3 is 10.6 Å². The van der Waals surface area contributed by atoms with Gasteiger partial charge >= 0.3 is 0 Å². The van der Waals surface area contributed by atoms with E-state index >= 15 is 0 Å². The van der Waals surface area contributed by atoms with Crippen molar-refractivity contribution in [3.8, 4) is 0 Å². The van der Waals surface area contributed by atoms with Crippen LogP contribution in [0.2, 0.25) is 0 Å². The van der Waals surface area contributed by atoms with Gasteiger partial charge in [0, 0.05) is 23.5 Å². The van der Waals surface area contributed by atoms with Crippen LogP contribution in [-0.2, 0) is 16.3 Å². The Labute approximate surface area is 149 Å². The second-order valence-corrected chi connectivity index (χ2v) is 8.78. The Balaban J connectivity index is 1.83. The van der Waals surface area contributed by atoms with Crippen molar-refractivity contribution < 1.29 is 8.42 Å². The van der Waals surface area contributed by atoms with Crippen LogP contribution in [0.1, 0.15) is 30.2 Å². The molecule has 1 unspecified atom stereocenters. The first-order valence-corrected chi connectivity index (χ1v) is 10.4. The van der Waals surface area contributed by atoms with Gasteiger partial charge in [0.15, 0.2) is 9.84 Å². The van der Waals surface area contributed by atoms with E-state index in [-0.39, 0.29) is 17.5 Å². The van der Waals surface area contributed by atoms with Crippen molar-refractivity contribution in [1.82, 2.24) is 9.97 Å². The van der Waals surface area contributed by atoms with E-state index in [1.807, 2.05) is 19.1 Å². The average molecular weight is 360 g/mol. The summed E-state index contributed by atoms with van der Waals surface area (Å²) >= 11 is 0. The number of aryl methyl sites for hydroxylation is 3. The number of benzene rings is 1. The minimum atomic E-state index is -2.92. The lowest BCUT2D eigenvalue weighted by atomic mass is 10.1. The largest absolute Gasteiger partial charge is 0.366 e. The summed E-state index contributed by atoms with van der Waals surface area (Å²) < 4.78 is 23.3. The molecule has 1 aliphatic heterocycles. The fraction of sp³-hybridized carbons (Fsp3) is 0.444. The van der Waals surface area contributed by atoms with E-state index in [9.17, 15) is 8.42 Å². The molecular formula is C18H24N4O2S. The molecule has 0 spiro atoms. The van der Waals surface area contributed by atoms with E-state index in [1.54, 1.807) is 0 Å². The molecule has 7 heteroatoms. The second-order valence-electron chi connectivity index (χ2n) is 6.55. The Morgan fingerprint density at radius 3 is 2.72 bits per heavy atom. The number of hydrogen-bond donors (Lipinski definition) is 2. The van der Waals surface area contributed by atoms with Crippen LogP contribution in [0.4, 0.5) is 17.5 Å². The van der Waals surface area contributed by atoms with Gasteiger partial charge in [0.2, 0.25) is 5.95 Å². The molecule has 2 N–H and O–H groups in total. The topological polar surface area (TPSA) is 84.0 Å². The Kier molecular flexibility index (Phi) is 4.94. The molecule has 0 radical (unpaired) electrons. The van der Waals surface area contributed by atoms with E-state index in [4.69, 9.17) is 0 Å². The maximum atomic E-state index is 11.6. The first-order chi connectivity index (χ1) is 11.9. The van der Waals surface area contributed by atoms with Crippen molar-refractivity contribution in [2.75, 3.05) is 22.1 Å². The molecule has 0 bridgehead atoms. The van der Waals surface area contributed by atoms with Gasteiger partial charge in [-0.2, -0.15) is 4.98 Å². The Morgan fingerprint density at radius 1 is 1.24 bits per heavy atom. The van der Waals surface area contributed by atoms with E-state index in [0.717, 1.165) is 23.4 Å². The molecule has 1 saturated heterocycles. The maximum absolute atomic E-state index is 11.6. The molecule has 2 aromatic rings. The third kappa shape index (κ3) is 4.28. The third-order valence-corrected chi connectivity index (χ3v) is 6.18. The van der Waals surface area contributed by atoms with Crippen LogP contribution in [0.15, 0.2) is 24.3 Å².